The largest absolute Gasteiger partial charge is 0.350 e. The molecule has 2 aromatic carbocycles. The van der Waals surface area contributed by atoms with Crippen LogP contribution in [-0.2, 0) is 6.54 Å². The van der Waals surface area contributed by atoms with E-state index < -0.39 is 0 Å². The Hall–Kier alpha value is -3.03. The van der Waals surface area contributed by atoms with Crippen LogP contribution in [0.5, 0.6) is 0 Å². The second-order valence-corrected chi connectivity index (χ2v) is 8.95. The third-order valence-electron chi connectivity index (χ3n) is 6.46. The van der Waals surface area contributed by atoms with Crippen LogP contribution in [0, 0.1) is 11.7 Å². The molecule has 0 saturated heterocycles. The summed E-state index contributed by atoms with van der Waals surface area (Å²) in [5.74, 6) is 1.54. The van der Waals surface area contributed by atoms with E-state index in [4.69, 9.17) is 27.3 Å². The predicted octanol–water partition coefficient (Wildman–Crippen LogP) is 5.59. The van der Waals surface area contributed by atoms with E-state index in [9.17, 15) is 4.39 Å². The molecule has 170 valence electrons. The van der Waals surface area contributed by atoms with Gasteiger partial charge in [0.25, 0.3) is 0 Å². The summed E-state index contributed by atoms with van der Waals surface area (Å²) in [4.78, 5) is 14.1. The number of halogens is 2. The summed E-state index contributed by atoms with van der Waals surface area (Å²) >= 11 is 6.55. The molecular formula is C25H26ClFN6. The first-order chi connectivity index (χ1) is 16.1. The number of nitrogens with one attached hydrogen (secondary N) is 1. The van der Waals surface area contributed by atoms with Gasteiger partial charge >= 0.3 is 0 Å². The number of nitrogens with two attached hydrogens (primary N) is 1. The molecule has 2 heterocycles. The van der Waals surface area contributed by atoms with Crippen LogP contribution in [0.4, 0.5) is 10.3 Å². The number of benzene rings is 2. The molecule has 5 rings (SSSR count). The minimum absolute atomic E-state index is 0.249. The Kier molecular flexibility index (Phi) is 6.24. The normalized spacial score (nSPS) is 18.5. The lowest BCUT2D eigenvalue weighted by Crippen LogP contribution is -2.24. The molecule has 8 heteroatoms. The van der Waals surface area contributed by atoms with Crippen LogP contribution in [0.3, 0.4) is 0 Å². The minimum atomic E-state index is -0.256. The highest BCUT2D eigenvalue weighted by molar-refractivity contribution is 6.33. The van der Waals surface area contributed by atoms with E-state index in [2.05, 4.69) is 14.9 Å². The molecule has 0 unspecified atom stereocenters. The average molecular weight is 465 g/mol. The summed E-state index contributed by atoms with van der Waals surface area (Å²) in [5.41, 5.74) is 8.82. The first kappa shape index (κ1) is 21.8. The fourth-order valence-electron chi connectivity index (χ4n) is 4.61. The molecule has 1 aliphatic carbocycles. The Labute approximate surface area is 197 Å². The predicted molar refractivity (Wildman–Crippen MR) is 130 cm³/mol. The summed E-state index contributed by atoms with van der Waals surface area (Å²) in [6.07, 6.45) is 5.88. The highest BCUT2D eigenvalue weighted by atomic mass is 35.5. The maximum Gasteiger partial charge on any atom is 0.225 e. The van der Waals surface area contributed by atoms with E-state index >= 15 is 0 Å². The lowest BCUT2D eigenvalue weighted by Gasteiger charge is -2.30. The van der Waals surface area contributed by atoms with Crippen molar-refractivity contribution in [2.24, 2.45) is 11.7 Å². The van der Waals surface area contributed by atoms with Gasteiger partial charge in [-0.1, -0.05) is 41.9 Å². The van der Waals surface area contributed by atoms with Gasteiger partial charge in [0.15, 0.2) is 5.65 Å². The fraction of sp³-hybridized carbons (Fsp3) is 0.320. The summed E-state index contributed by atoms with van der Waals surface area (Å²) in [6, 6.07) is 14.7. The van der Waals surface area contributed by atoms with Crippen molar-refractivity contribution >= 4 is 28.7 Å². The van der Waals surface area contributed by atoms with Gasteiger partial charge < -0.3 is 15.6 Å². The third-order valence-corrected chi connectivity index (χ3v) is 6.79. The van der Waals surface area contributed by atoms with Gasteiger partial charge in [-0.25, -0.2) is 14.4 Å². The van der Waals surface area contributed by atoms with Gasteiger partial charge in [-0.3, -0.25) is 0 Å². The maximum absolute atomic E-state index is 14.0. The zero-order valence-electron chi connectivity index (χ0n) is 18.2. The van der Waals surface area contributed by atoms with E-state index in [0.717, 1.165) is 49.3 Å². The number of nitrogens with zero attached hydrogens (tertiary/aromatic N) is 4. The SMILES string of the molecule is NC[C@H]1CC[C@H](n2c(-c3ccccc3Cl)nc3cnc(NCc4ccccc4F)nc32)CC1. The van der Waals surface area contributed by atoms with E-state index in [1.807, 2.05) is 30.3 Å². The van der Waals surface area contributed by atoms with Gasteiger partial charge in [0.1, 0.15) is 17.2 Å². The lowest BCUT2D eigenvalue weighted by atomic mass is 9.86. The maximum atomic E-state index is 14.0. The molecule has 3 N–H and O–H groups in total. The Morgan fingerprint density at radius 1 is 1.03 bits per heavy atom. The van der Waals surface area contributed by atoms with Crippen molar-refractivity contribution in [1.29, 1.82) is 0 Å². The number of fused-ring (bicyclic) bond motifs is 1. The number of anilines is 1. The van der Waals surface area contributed by atoms with Gasteiger partial charge in [0.2, 0.25) is 5.95 Å². The molecule has 0 amide bonds. The Balaban J connectivity index is 1.54. The zero-order chi connectivity index (χ0) is 22.8. The fourth-order valence-corrected chi connectivity index (χ4v) is 4.83. The average Bonchev–Trinajstić information content (AvgIpc) is 3.22. The standard InChI is InChI=1S/C25H26ClFN6/c26-20-7-3-2-6-19(20)23-31-22-15-30-25(29-14-17-5-1-4-8-21(17)27)32-24(22)33(23)18-11-9-16(13-28)10-12-18/h1-8,15-16,18H,9-14,28H2,(H,29,30,32)/t16-,18-. The number of rotatable bonds is 6. The van der Waals surface area contributed by atoms with Crippen molar-refractivity contribution in [1.82, 2.24) is 19.5 Å². The molecular weight excluding hydrogens is 439 g/mol. The highest BCUT2D eigenvalue weighted by Crippen LogP contribution is 2.38. The summed E-state index contributed by atoms with van der Waals surface area (Å²) < 4.78 is 16.2. The van der Waals surface area contributed by atoms with E-state index in [-0.39, 0.29) is 11.9 Å². The van der Waals surface area contributed by atoms with Crippen molar-refractivity contribution in [3.8, 4) is 11.4 Å². The quantitative estimate of drug-likeness (QED) is 0.389. The van der Waals surface area contributed by atoms with E-state index in [1.165, 1.54) is 6.07 Å². The van der Waals surface area contributed by atoms with Crippen molar-refractivity contribution in [2.45, 2.75) is 38.3 Å². The summed E-state index contributed by atoms with van der Waals surface area (Å²) in [7, 11) is 0. The molecule has 0 spiro atoms. The monoisotopic (exact) mass is 464 g/mol. The molecule has 33 heavy (non-hydrogen) atoms. The van der Waals surface area contributed by atoms with Crippen LogP contribution in [0.1, 0.15) is 37.3 Å². The second kappa shape index (κ2) is 9.45. The van der Waals surface area contributed by atoms with Crippen molar-refractivity contribution in [2.75, 3.05) is 11.9 Å². The topological polar surface area (TPSA) is 81.7 Å². The first-order valence-electron chi connectivity index (χ1n) is 11.3. The molecule has 0 aliphatic heterocycles. The van der Waals surface area contributed by atoms with Crippen LogP contribution in [0.2, 0.25) is 5.02 Å². The number of aromatic nitrogens is 4. The third kappa shape index (κ3) is 4.43. The van der Waals surface area contributed by atoms with Gasteiger partial charge in [-0.2, -0.15) is 4.98 Å². The number of imidazole rings is 1. The van der Waals surface area contributed by atoms with Crippen LogP contribution in [0.15, 0.2) is 54.7 Å². The van der Waals surface area contributed by atoms with Gasteiger partial charge in [0, 0.05) is 23.7 Å². The zero-order valence-corrected chi connectivity index (χ0v) is 19.0. The Morgan fingerprint density at radius 3 is 2.55 bits per heavy atom. The molecule has 1 saturated carbocycles. The van der Waals surface area contributed by atoms with Crippen molar-refractivity contribution < 1.29 is 4.39 Å². The number of hydrogen-bond donors (Lipinski definition) is 2. The molecule has 4 aromatic rings. The smallest absolute Gasteiger partial charge is 0.225 e. The number of hydrogen-bond acceptors (Lipinski definition) is 5. The van der Waals surface area contributed by atoms with Gasteiger partial charge in [-0.05, 0) is 56.3 Å². The summed E-state index contributed by atoms with van der Waals surface area (Å²) in [6.45, 7) is 1.02. The molecule has 6 nitrogen and oxygen atoms in total. The molecule has 1 aliphatic rings. The molecule has 2 aromatic heterocycles. The lowest BCUT2D eigenvalue weighted by molar-refractivity contribution is 0.284. The van der Waals surface area contributed by atoms with Crippen LogP contribution < -0.4 is 11.1 Å². The highest BCUT2D eigenvalue weighted by Gasteiger charge is 2.27. The van der Waals surface area contributed by atoms with Crippen LogP contribution >= 0.6 is 11.6 Å². The van der Waals surface area contributed by atoms with Crippen molar-refractivity contribution in [3.63, 3.8) is 0 Å². The molecule has 1 fully saturated rings. The van der Waals surface area contributed by atoms with Crippen LogP contribution in [-0.4, -0.2) is 26.1 Å². The molecule has 0 atom stereocenters. The van der Waals surface area contributed by atoms with Gasteiger partial charge in [-0.15, -0.1) is 0 Å². The van der Waals surface area contributed by atoms with E-state index in [1.54, 1.807) is 18.3 Å². The minimum Gasteiger partial charge on any atom is -0.350 e. The summed E-state index contributed by atoms with van der Waals surface area (Å²) in [5, 5.41) is 3.80. The van der Waals surface area contributed by atoms with E-state index in [0.29, 0.717) is 34.5 Å². The van der Waals surface area contributed by atoms with Crippen LogP contribution in [0.25, 0.3) is 22.6 Å². The molecule has 0 bridgehead atoms. The Bertz CT molecular complexity index is 1260. The second-order valence-electron chi connectivity index (χ2n) is 8.54. The Morgan fingerprint density at radius 2 is 1.79 bits per heavy atom. The van der Waals surface area contributed by atoms with Crippen molar-refractivity contribution in [3.05, 3.63) is 71.1 Å². The van der Waals surface area contributed by atoms with Gasteiger partial charge in [0.05, 0.1) is 11.2 Å². The molecule has 0 radical (unpaired) electrons. The first-order valence-corrected chi connectivity index (χ1v) is 11.7.